The Balaban J connectivity index is 2.01. The van der Waals surface area contributed by atoms with Crippen molar-refractivity contribution in [2.24, 2.45) is 0 Å². The average Bonchev–Trinajstić information content (AvgIpc) is 2.63. The predicted octanol–water partition coefficient (Wildman–Crippen LogP) is 2.53. The lowest BCUT2D eigenvalue weighted by atomic mass is 10.1. The van der Waals surface area contributed by atoms with Gasteiger partial charge in [0.1, 0.15) is 0 Å². The minimum atomic E-state index is -4.01. The number of hydrogen-bond acceptors (Lipinski definition) is 6. The van der Waals surface area contributed by atoms with Gasteiger partial charge in [0.05, 0.1) is 16.9 Å². The number of methoxy groups -OCH3 is 1. The van der Waals surface area contributed by atoms with Crippen LogP contribution < -0.4 is 14.8 Å². The highest BCUT2D eigenvalue weighted by atomic mass is 32.2. The van der Waals surface area contributed by atoms with Crippen LogP contribution in [0.2, 0.25) is 0 Å². The predicted molar refractivity (Wildman–Crippen MR) is 104 cm³/mol. The minimum Gasteiger partial charge on any atom is -0.490 e. The van der Waals surface area contributed by atoms with E-state index in [1.165, 1.54) is 19.2 Å². The van der Waals surface area contributed by atoms with E-state index in [9.17, 15) is 23.3 Å². The molecule has 0 atom stereocenters. The molecule has 2 aromatic rings. The highest BCUT2D eigenvalue weighted by Crippen LogP contribution is 2.29. The van der Waals surface area contributed by atoms with Crippen LogP contribution in [-0.2, 0) is 14.8 Å². The molecule has 150 valence electrons. The number of nitro groups is 1. The topological polar surface area (TPSA) is 128 Å². The van der Waals surface area contributed by atoms with E-state index < -0.39 is 20.6 Å². The first-order valence-corrected chi connectivity index (χ1v) is 9.81. The summed E-state index contributed by atoms with van der Waals surface area (Å²) in [7, 11) is -2.76. The molecule has 2 rings (SSSR count). The van der Waals surface area contributed by atoms with E-state index in [2.05, 4.69) is 10.0 Å². The minimum absolute atomic E-state index is 0.0446. The number of hydrogen-bond donors (Lipinski definition) is 2. The monoisotopic (exact) mass is 407 g/mol. The van der Waals surface area contributed by atoms with Crippen molar-refractivity contribution in [2.75, 3.05) is 19.0 Å². The number of carbonyl (C=O) groups is 1. The molecule has 28 heavy (non-hydrogen) atoms. The molecule has 9 nitrogen and oxygen atoms in total. The number of ether oxygens (including phenoxy) is 1. The number of amides is 1. The third-order valence-corrected chi connectivity index (χ3v) is 5.43. The Morgan fingerprint density at radius 2 is 1.89 bits per heavy atom. The molecule has 10 heteroatoms. The average molecular weight is 407 g/mol. The molecule has 0 aliphatic carbocycles. The fraction of sp³-hybridized carbons (Fsp3) is 0.278. The van der Waals surface area contributed by atoms with Crippen LogP contribution >= 0.6 is 0 Å². The fourth-order valence-corrected chi connectivity index (χ4v) is 3.50. The van der Waals surface area contributed by atoms with Gasteiger partial charge in [0.25, 0.3) is 0 Å². The van der Waals surface area contributed by atoms with Gasteiger partial charge in [0.2, 0.25) is 15.9 Å². The Morgan fingerprint density at radius 1 is 1.18 bits per heavy atom. The zero-order chi connectivity index (χ0) is 20.9. The van der Waals surface area contributed by atoms with Crippen molar-refractivity contribution >= 4 is 27.3 Å². The van der Waals surface area contributed by atoms with Gasteiger partial charge < -0.3 is 10.1 Å². The summed E-state index contributed by atoms with van der Waals surface area (Å²) in [4.78, 5) is 22.1. The molecule has 2 N–H and O–H groups in total. The smallest absolute Gasteiger partial charge is 0.312 e. The maximum absolute atomic E-state index is 12.3. The molecule has 0 heterocycles. The third kappa shape index (κ3) is 5.27. The highest BCUT2D eigenvalue weighted by Gasteiger charge is 2.22. The molecular formula is C18H21N3O6S. The normalized spacial score (nSPS) is 11.1. The Labute approximate surface area is 162 Å². The van der Waals surface area contributed by atoms with Crippen molar-refractivity contribution in [3.63, 3.8) is 0 Å². The summed E-state index contributed by atoms with van der Waals surface area (Å²) in [5.41, 5.74) is 2.09. The van der Waals surface area contributed by atoms with Crippen molar-refractivity contribution in [3.05, 3.63) is 57.6 Å². The Morgan fingerprint density at radius 3 is 2.54 bits per heavy atom. The first kappa shape index (κ1) is 21.3. The molecule has 0 saturated heterocycles. The van der Waals surface area contributed by atoms with Crippen LogP contribution in [0, 0.1) is 24.0 Å². The number of rotatable bonds is 8. The number of nitrogens with one attached hydrogen (secondary N) is 2. The molecule has 0 aromatic heterocycles. The van der Waals surface area contributed by atoms with Crippen molar-refractivity contribution < 1.29 is 22.9 Å². The van der Waals surface area contributed by atoms with Crippen LogP contribution in [0.4, 0.5) is 11.4 Å². The molecule has 0 saturated carbocycles. The summed E-state index contributed by atoms with van der Waals surface area (Å²) in [6, 6.07) is 8.95. The lowest BCUT2D eigenvalue weighted by molar-refractivity contribution is -0.386. The zero-order valence-corrected chi connectivity index (χ0v) is 16.5. The SMILES string of the molecule is COc1ccc(S(=O)(=O)NCCC(=O)Nc2cc(C)ccc2C)cc1[N+](=O)[O-]. The number of sulfonamides is 1. The zero-order valence-electron chi connectivity index (χ0n) is 15.7. The van der Waals surface area contributed by atoms with Gasteiger partial charge in [0.15, 0.2) is 5.75 Å². The van der Waals surface area contributed by atoms with E-state index >= 15 is 0 Å². The van der Waals surface area contributed by atoms with Crippen molar-refractivity contribution in [3.8, 4) is 5.75 Å². The Bertz CT molecular complexity index is 1000. The lowest BCUT2D eigenvalue weighted by Gasteiger charge is -2.10. The van der Waals surface area contributed by atoms with Crippen molar-refractivity contribution in [1.82, 2.24) is 4.72 Å². The molecule has 0 aliphatic rings. The molecule has 2 aromatic carbocycles. The number of aryl methyl sites for hydroxylation is 2. The Kier molecular flexibility index (Phi) is 6.71. The van der Waals surface area contributed by atoms with E-state index in [4.69, 9.17) is 4.74 Å². The van der Waals surface area contributed by atoms with Gasteiger partial charge in [-0.2, -0.15) is 0 Å². The second kappa shape index (κ2) is 8.81. The number of anilines is 1. The van der Waals surface area contributed by atoms with Crippen LogP contribution in [0.25, 0.3) is 0 Å². The van der Waals surface area contributed by atoms with Gasteiger partial charge in [-0.1, -0.05) is 12.1 Å². The van der Waals surface area contributed by atoms with Crippen LogP contribution in [0.3, 0.4) is 0 Å². The van der Waals surface area contributed by atoms with Gasteiger partial charge in [-0.3, -0.25) is 14.9 Å². The Hall–Kier alpha value is -2.98. The van der Waals surface area contributed by atoms with Crippen LogP contribution in [0.15, 0.2) is 41.3 Å². The second-order valence-electron chi connectivity index (χ2n) is 6.11. The highest BCUT2D eigenvalue weighted by molar-refractivity contribution is 7.89. The number of benzene rings is 2. The first-order chi connectivity index (χ1) is 13.1. The third-order valence-electron chi connectivity index (χ3n) is 3.97. The summed E-state index contributed by atoms with van der Waals surface area (Å²) in [6.45, 7) is 3.60. The van der Waals surface area contributed by atoms with E-state index in [1.54, 1.807) is 0 Å². The van der Waals surface area contributed by atoms with E-state index in [0.717, 1.165) is 17.2 Å². The van der Waals surface area contributed by atoms with E-state index in [1.807, 2.05) is 32.0 Å². The summed E-state index contributed by atoms with van der Waals surface area (Å²) in [6.07, 6.45) is -0.0924. The number of nitrogens with zero attached hydrogens (tertiary/aromatic N) is 1. The summed E-state index contributed by atoms with van der Waals surface area (Å²) in [5.74, 6) is -0.394. The number of carbonyl (C=O) groups excluding carboxylic acids is 1. The fourth-order valence-electron chi connectivity index (χ4n) is 2.45. The van der Waals surface area contributed by atoms with Crippen LogP contribution in [0.1, 0.15) is 17.5 Å². The van der Waals surface area contributed by atoms with E-state index in [0.29, 0.717) is 5.69 Å². The molecule has 0 bridgehead atoms. The molecule has 1 amide bonds. The number of nitro benzene ring substituents is 1. The van der Waals surface area contributed by atoms with Gasteiger partial charge in [-0.05, 0) is 43.2 Å². The standard InChI is InChI=1S/C18H21N3O6S/c1-12-4-5-13(2)15(10-12)20-18(22)8-9-19-28(25,26)14-6-7-17(27-3)16(11-14)21(23)24/h4-7,10-11,19H,8-9H2,1-3H3,(H,20,22). The van der Waals surface area contributed by atoms with Gasteiger partial charge in [0, 0.05) is 24.7 Å². The van der Waals surface area contributed by atoms with Gasteiger partial charge in [-0.15, -0.1) is 0 Å². The molecular weight excluding hydrogens is 386 g/mol. The quantitative estimate of drug-likeness (QED) is 0.511. The summed E-state index contributed by atoms with van der Waals surface area (Å²) in [5, 5.41) is 13.8. The first-order valence-electron chi connectivity index (χ1n) is 8.33. The molecule has 0 radical (unpaired) electrons. The largest absolute Gasteiger partial charge is 0.490 e. The lowest BCUT2D eigenvalue weighted by Crippen LogP contribution is -2.28. The van der Waals surface area contributed by atoms with E-state index in [-0.39, 0.29) is 29.5 Å². The maximum atomic E-state index is 12.3. The summed E-state index contributed by atoms with van der Waals surface area (Å²) < 4.78 is 31.8. The second-order valence-corrected chi connectivity index (χ2v) is 7.87. The molecule has 0 unspecified atom stereocenters. The van der Waals surface area contributed by atoms with Gasteiger partial charge >= 0.3 is 5.69 Å². The van der Waals surface area contributed by atoms with Crippen LogP contribution in [0.5, 0.6) is 5.75 Å². The maximum Gasteiger partial charge on any atom is 0.312 e. The van der Waals surface area contributed by atoms with Gasteiger partial charge in [-0.25, -0.2) is 13.1 Å². The summed E-state index contributed by atoms with van der Waals surface area (Å²) >= 11 is 0. The van der Waals surface area contributed by atoms with Crippen molar-refractivity contribution in [2.45, 2.75) is 25.2 Å². The molecule has 0 fully saturated rings. The van der Waals surface area contributed by atoms with Crippen LogP contribution in [-0.4, -0.2) is 32.9 Å². The molecule has 0 spiro atoms. The van der Waals surface area contributed by atoms with Crippen molar-refractivity contribution in [1.29, 1.82) is 0 Å². The molecule has 0 aliphatic heterocycles.